The molecule has 0 aliphatic carbocycles. The normalized spacial score (nSPS) is 25.1. The standard InChI is InChI=1S/C15H20N2O3/c1-19-13-10-15(20-11-13)4-8-17(9-5-15)14(18)12-2-6-16-7-3-12/h2-3,6-7,13H,4-5,8-11H2,1H3. The van der Waals surface area contributed by atoms with Crippen LogP contribution in [0.25, 0.3) is 0 Å². The molecule has 1 amide bonds. The number of amides is 1. The molecule has 5 heteroatoms. The molecule has 0 N–H and O–H groups in total. The van der Waals surface area contributed by atoms with E-state index in [0.717, 1.165) is 32.4 Å². The molecule has 2 aliphatic heterocycles. The number of carbonyl (C=O) groups is 1. The first-order valence-electron chi connectivity index (χ1n) is 7.08. The molecular weight excluding hydrogens is 256 g/mol. The van der Waals surface area contributed by atoms with Gasteiger partial charge in [-0.05, 0) is 25.0 Å². The van der Waals surface area contributed by atoms with Crippen LogP contribution in [-0.4, -0.2) is 54.3 Å². The lowest BCUT2D eigenvalue weighted by Gasteiger charge is -2.38. The van der Waals surface area contributed by atoms with Gasteiger partial charge in [0, 0.05) is 44.6 Å². The van der Waals surface area contributed by atoms with E-state index >= 15 is 0 Å². The summed E-state index contributed by atoms with van der Waals surface area (Å²) >= 11 is 0. The number of piperidine rings is 1. The van der Waals surface area contributed by atoms with E-state index in [1.165, 1.54) is 0 Å². The Morgan fingerprint density at radius 1 is 1.40 bits per heavy atom. The third-order valence-corrected chi connectivity index (χ3v) is 4.40. The lowest BCUT2D eigenvalue weighted by Crippen LogP contribution is -2.46. The van der Waals surface area contributed by atoms with Crippen LogP contribution >= 0.6 is 0 Å². The van der Waals surface area contributed by atoms with E-state index < -0.39 is 0 Å². The van der Waals surface area contributed by atoms with Crippen LogP contribution < -0.4 is 0 Å². The monoisotopic (exact) mass is 276 g/mol. The molecule has 108 valence electrons. The van der Waals surface area contributed by atoms with Gasteiger partial charge in [-0.25, -0.2) is 0 Å². The lowest BCUT2D eigenvalue weighted by molar-refractivity contribution is -0.0402. The van der Waals surface area contributed by atoms with Crippen molar-refractivity contribution in [3.8, 4) is 0 Å². The fourth-order valence-electron chi connectivity index (χ4n) is 3.10. The number of pyridine rings is 1. The molecular formula is C15H20N2O3. The van der Waals surface area contributed by atoms with Crippen LogP contribution in [0.4, 0.5) is 0 Å². The smallest absolute Gasteiger partial charge is 0.253 e. The van der Waals surface area contributed by atoms with Gasteiger partial charge in [0.1, 0.15) is 0 Å². The van der Waals surface area contributed by atoms with Crippen LogP contribution in [0, 0.1) is 0 Å². The average molecular weight is 276 g/mol. The van der Waals surface area contributed by atoms with Gasteiger partial charge in [-0.1, -0.05) is 0 Å². The molecule has 1 aromatic rings. The maximum Gasteiger partial charge on any atom is 0.253 e. The number of methoxy groups -OCH3 is 1. The molecule has 2 aliphatic rings. The summed E-state index contributed by atoms with van der Waals surface area (Å²) in [5.74, 6) is 0.0866. The van der Waals surface area contributed by atoms with Gasteiger partial charge < -0.3 is 14.4 Å². The highest BCUT2D eigenvalue weighted by atomic mass is 16.6. The first-order valence-corrected chi connectivity index (χ1v) is 7.08. The molecule has 3 rings (SSSR count). The number of nitrogens with zero attached hydrogens (tertiary/aromatic N) is 2. The first-order chi connectivity index (χ1) is 9.72. The molecule has 1 aromatic heterocycles. The molecule has 0 aromatic carbocycles. The van der Waals surface area contributed by atoms with E-state index in [1.54, 1.807) is 31.6 Å². The van der Waals surface area contributed by atoms with Crippen molar-refractivity contribution in [2.24, 2.45) is 0 Å². The highest BCUT2D eigenvalue weighted by Crippen LogP contribution is 2.37. The highest BCUT2D eigenvalue weighted by Gasteiger charge is 2.43. The summed E-state index contributed by atoms with van der Waals surface area (Å²) in [4.78, 5) is 18.2. The van der Waals surface area contributed by atoms with Crippen molar-refractivity contribution < 1.29 is 14.3 Å². The van der Waals surface area contributed by atoms with Crippen molar-refractivity contribution in [1.29, 1.82) is 0 Å². The molecule has 1 spiro atoms. The molecule has 1 atom stereocenters. The summed E-state index contributed by atoms with van der Waals surface area (Å²) < 4.78 is 11.3. The zero-order valence-electron chi connectivity index (χ0n) is 11.7. The van der Waals surface area contributed by atoms with Gasteiger partial charge in [-0.2, -0.15) is 0 Å². The fraction of sp³-hybridized carbons (Fsp3) is 0.600. The molecule has 5 nitrogen and oxygen atoms in total. The van der Waals surface area contributed by atoms with E-state index in [4.69, 9.17) is 9.47 Å². The second-order valence-electron chi connectivity index (χ2n) is 5.58. The second kappa shape index (κ2) is 5.50. The predicted octanol–water partition coefficient (Wildman–Crippen LogP) is 1.49. The minimum atomic E-state index is -0.0737. The summed E-state index contributed by atoms with van der Waals surface area (Å²) in [6.45, 7) is 2.17. The SMILES string of the molecule is COC1COC2(CCN(C(=O)c3ccncc3)CC2)C1. The zero-order valence-corrected chi connectivity index (χ0v) is 11.7. The minimum Gasteiger partial charge on any atom is -0.379 e. The molecule has 1 unspecified atom stereocenters. The Hall–Kier alpha value is -1.46. The maximum absolute atomic E-state index is 12.4. The minimum absolute atomic E-state index is 0.0737. The van der Waals surface area contributed by atoms with Gasteiger partial charge in [0.15, 0.2) is 0 Å². The van der Waals surface area contributed by atoms with E-state index in [-0.39, 0.29) is 17.6 Å². The Bertz CT molecular complexity index is 469. The van der Waals surface area contributed by atoms with Crippen molar-refractivity contribution >= 4 is 5.91 Å². The van der Waals surface area contributed by atoms with Crippen molar-refractivity contribution in [2.45, 2.75) is 31.0 Å². The summed E-state index contributed by atoms with van der Waals surface area (Å²) in [7, 11) is 1.73. The average Bonchev–Trinajstić information content (AvgIpc) is 2.91. The van der Waals surface area contributed by atoms with Crippen LogP contribution in [0.15, 0.2) is 24.5 Å². The third kappa shape index (κ3) is 2.55. The van der Waals surface area contributed by atoms with Crippen LogP contribution in [0.5, 0.6) is 0 Å². The van der Waals surface area contributed by atoms with Gasteiger partial charge in [0.2, 0.25) is 0 Å². The molecule has 0 saturated carbocycles. The number of ether oxygens (including phenoxy) is 2. The Labute approximate surface area is 118 Å². The van der Waals surface area contributed by atoms with Gasteiger partial charge >= 0.3 is 0 Å². The molecule has 2 saturated heterocycles. The number of likely N-dealkylation sites (tertiary alicyclic amines) is 1. The highest BCUT2D eigenvalue weighted by molar-refractivity contribution is 5.94. The fourth-order valence-corrected chi connectivity index (χ4v) is 3.10. The predicted molar refractivity (Wildman–Crippen MR) is 73.5 cm³/mol. The quantitative estimate of drug-likeness (QED) is 0.821. The zero-order chi connectivity index (χ0) is 14.0. The number of aromatic nitrogens is 1. The maximum atomic E-state index is 12.4. The Morgan fingerprint density at radius 2 is 2.10 bits per heavy atom. The molecule has 0 bridgehead atoms. The lowest BCUT2D eigenvalue weighted by atomic mass is 9.88. The van der Waals surface area contributed by atoms with Crippen LogP contribution in [0.2, 0.25) is 0 Å². The summed E-state index contributed by atoms with van der Waals surface area (Å²) in [5, 5.41) is 0. The topological polar surface area (TPSA) is 51.7 Å². The van der Waals surface area contributed by atoms with E-state index in [1.807, 2.05) is 4.90 Å². The van der Waals surface area contributed by atoms with Crippen molar-refractivity contribution in [3.05, 3.63) is 30.1 Å². The van der Waals surface area contributed by atoms with Crippen LogP contribution in [0.1, 0.15) is 29.6 Å². The van der Waals surface area contributed by atoms with E-state index in [0.29, 0.717) is 12.2 Å². The van der Waals surface area contributed by atoms with Crippen molar-refractivity contribution in [3.63, 3.8) is 0 Å². The van der Waals surface area contributed by atoms with Crippen molar-refractivity contribution in [2.75, 3.05) is 26.8 Å². The number of hydrogen-bond acceptors (Lipinski definition) is 4. The summed E-state index contributed by atoms with van der Waals surface area (Å²) in [5.41, 5.74) is 0.633. The van der Waals surface area contributed by atoms with Crippen LogP contribution in [0.3, 0.4) is 0 Å². The Balaban J connectivity index is 1.60. The molecule has 2 fully saturated rings. The third-order valence-electron chi connectivity index (χ3n) is 4.40. The largest absolute Gasteiger partial charge is 0.379 e. The first kappa shape index (κ1) is 13.5. The Morgan fingerprint density at radius 3 is 2.70 bits per heavy atom. The van der Waals surface area contributed by atoms with Crippen molar-refractivity contribution in [1.82, 2.24) is 9.88 Å². The van der Waals surface area contributed by atoms with Gasteiger partial charge in [0.05, 0.1) is 18.3 Å². The van der Waals surface area contributed by atoms with Gasteiger partial charge in [0.25, 0.3) is 5.91 Å². The van der Waals surface area contributed by atoms with Gasteiger partial charge in [-0.3, -0.25) is 9.78 Å². The number of carbonyl (C=O) groups excluding carboxylic acids is 1. The van der Waals surface area contributed by atoms with Gasteiger partial charge in [-0.15, -0.1) is 0 Å². The number of hydrogen-bond donors (Lipinski definition) is 0. The molecule has 3 heterocycles. The summed E-state index contributed by atoms with van der Waals surface area (Å²) in [6, 6.07) is 3.53. The van der Waals surface area contributed by atoms with E-state index in [9.17, 15) is 4.79 Å². The molecule has 0 radical (unpaired) electrons. The number of rotatable bonds is 2. The molecule has 20 heavy (non-hydrogen) atoms. The van der Waals surface area contributed by atoms with Crippen LogP contribution in [-0.2, 0) is 9.47 Å². The van der Waals surface area contributed by atoms with E-state index in [2.05, 4.69) is 4.98 Å². The summed E-state index contributed by atoms with van der Waals surface area (Å²) in [6.07, 6.45) is 6.25. The second-order valence-corrected chi connectivity index (χ2v) is 5.58. The Kier molecular flexibility index (Phi) is 3.72.